The molecule has 0 fully saturated rings. The van der Waals surface area contributed by atoms with E-state index in [4.69, 9.17) is 0 Å². The van der Waals surface area contributed by atoms with Gasteiger partial charge in [-0.25, -0.2) is 14.7 Å². The predicted molar refractivity (Wildman–Crippen MR) is 174 cm³/mol. The number of benzene rings is 3. The first-order chi connectivity index (χ1) is 23.2. The number of amides is 6. The SMILES string of the molecule is O=C1C=CC(=O)N1c1ccc(Nc2nc(Nc3ccc(N4C(=O)C=CC4=O)cc3)nc(Nc3ccc(N4C(=O)C=CC4=O)cc3)n2)cc1. The van der Waals surface area contributed by atoms with Gasteiger partial charge in [-0.05, 0) is 72.8 Å². The van der Waals surface area contributed by atoms with Crippen molar-refractivity contribution in [3.8, 4) is 0 Å². The fourth-order valence-electron chi connectivity index (χ4n) is 4.98. The van der Waals surface area contributed by atoms with Gasteiger partial charge < -0.3 is 16.0 Å². The average molecular weight is 640 g/mol. The van der Waals surface area contributed by atoms with Crippen molar-refractivity contribution in [1.29, 1.82) is 0 Å². The van der Waals surface area contributed by atoms with Crippen molar-refractivity contribution in [2.75, 3.05) is 30.7 Å². The van der Waals surface area contributed by atoms with Crippen molar-refractivity contribution in [3.63, 3.8) is 0 Å². The number of aromatic nitrogens is 3. The Morgan fingerprint density at radius 1 is 0.333 bits per heavy atom. The molecule has 7 rings (SSSR count). The summed E-state index contributed by atoms with van der Waals surface area (Å²) in [7, 11) is 0. The summed E-state index contributed by atoms with van der Waals surface area (Å²) in [5.41, 5.74) is 2.83. The summed E-state index contributed by atoms with van der Waals surface area (Å²) in [6.07, 6.45) is 7.22. The Kier molecular flexibility index (Phi) is 7.29. The second-order valence-corrected chi connectivity index (χ2v) is 10.4. The molecule has 3 aliphatic rings. The van der Waals surface area contributed by atoms with Gasteiger partial charge in [-0.3, -0.25) is 28.8 Å². The molecule has 1 aromatic heterocycles. The molecule has 0 bridgehead atoms. The molecule has 15 nitrogen and oxygen atoms in total. The molecule has 234 valence electrons. The monoisotopic (exact) mass is 639 g/mol. The zero-order valence-electron chi connectivity index (χ0n) is 24.5. The smallest absolute Gasteiger partial charge is 0.258 e. The van der Waals surface area contributed by atoms with Crippen LogP contribution in [0.25, 0.3) is 0 Å². The Balaban J connectivity index is 1.14. The molecule has 15 heteroatoms. The van der Waals surface area contributed by atoms with Crippen molar-refractivity contribution >= 4 is 87.4 Å². The van der Waals surface area contributed by atoms with Gasteiger partial charge in [0.1, 0.15) is 0 Å². The molecule has 0 saturated carbocycles. The molecular formula is C33H21N9O6. The van der Waals surface area contributed by atoms with E-state index in [1.54, 1.807) is 72.8 Å². The minimum Gasteiger partial charge on any atom is -0.324 e. The third-order valence-electron chi connectivity index (χ3n) is 7.21. The molecule has 3 aliphatic heterocycles. The number of rotatable bonds is 9. The Morgan fingerprint density at radius 2 is 0.542 bits per heavy atom. The number of carbonyl (C=O) groups is 6. The minimum atomic E-state index is -0.434. The maximum atomic E-state index is 12.1. The molecule has 3 N–H and O–H groups in total. The summed E-state index contributed by atoms with van der Waals surface area (Å²) in [6, 6.07) is 19.5. The van der Waals surface area contributed by atoms with E-state index >= 15 is 0 Å². The molecule has 0 saturated heterocycles. The zero-order chi connectivity index (χ0) is 33.4. The van der Waals surface area contributed by atoms with E-state index in [0.717, 1.165) is 14.7 Å². The van der Waals surface area contributed by atoms with E-state index in [1.807, 2.05) is 0 Å². The lowest BCUT2D eigenvalue weighted by Gasteiger charge is -2.16. The first kappa shape index (κ1) is 29.4. The maximum Gasteiger partial charge on any atom is 0.258 e. The highest BCUT2D eigenvalue weighted by molar-refractivity contribution is 6.29. The summed E-state index contributed by atoms with van der Waals surface area (Å²) in [4.78, 5) is 88.9. The Morgan fingerprint density at radius 3 is 0.750 bits per heavy atom. The lowest BCUT2D eigenvalue weighted by molar-refractivity contribution is -0.121. The summed E-state index contributed by atoms with van der Waals surface area (Å²) >= 11 is 0. The topological polar surface area (TPSA) is 187 Å². The number of imide groups is 3. The van der Waals surface area contributed by atoms with Crippen LogP contribution in [0.5, 0.6) is 0 Å². The summed E-state index contributed by atoms with van der Waals surface area (Å²) in [5, 5.41) is 9.25. The minimum absolute atomic E-state index is 0.129. The van der Waals surface area contributed by atoms with Crippen LogP contribution in [0.4, 0.5) is 52.0 Å². The van der Waals surface area contributed by atoms with Crippen LogP contribution >= 0.6 is 0 Å². The van der Waals surface area contributed by atoms with Gasteiger partial charge in [-0.2, -0.15) is 15.0 Å². The van der Waals surface area contributed by atoms with Crippen LogP contribution in [-0.2, 0) is 28.8 Å². The fourth-order valence-corrected chi connectivity index (χ4v) is 4.98. The molecule has 0 unspecified atom stereocenters. The van der Waals surface area contributed by atoms with Crippen molar-refractivity contribution in [3.05, 3.63) is 109 Å². The molecule has 0 spiro atoms. The molecule has 4 heterocycles. The summed E-state index contributed by atoms with van der Waals surface area (Å²) < 4.78 is 0. The highest BCUT2D eigenvalue weighted by atomic mass is 16.2. The van der Waals surface area contributed by atoms with Gasteiger partial charge in [0.15, 0.2) is 0 Å². The summed E-state index contributed by atoms with van der Waals surface area (Å²) in [5.74, 6) is -2.22. The Bertz CT molecular complexity index is 1820. The number of nitrogens with zero attached hydrogens (tertiary/aromatic N) is 6. The van der Waals surface area contributed by atoms with Crippen molar-refractivity contribution in [1.82, 2.24) is 15.0 Å². The van der Waals surface area contributed by atoms with E-state index in [2.05, 4.69) is 30.9 Å². The van der Waals surface area contributed by atoms with Crippen LogP contribution in [0.3, 0.4) is 0 Å². The first-order valence-electron chi connectivity index (χ1n) is 14.3. The second-order valence-electron chi connectivity index (χ2n) is 10.4. The third kappa shape index (κ3) is 5.77. The van der Waals surface area contributed by atoms with Crippen LogP contribution in [-0.4, -0.2) is 50.4 Å². The molecule has 3 aromatic carbocycles. The zero-order valence-corrected chi connectivity index (χ0v) is 24.5. The lowest BCUT2D eigenvalue weighted by atomic mass is 10.2. The van der Waals surface area contributed by atoms with Crippen LogP contribution in [0.15, 0.2) is 109 Å². The van der Waals surface area contributed by atoms with E-state index in [9.17, 15) is 28.8 Å². The normalized spacial score (nSPS) is 15.4. The fraction of sp³-hybridized carbons (Fsp3) is 0. The number of nitrogens with one attached hydrogen (secondary N) is 3. The van der Waals surface area contributed by atoms with Gasteiger partial charge in [-0.1, -0.05) is 0 Å². The quantitative estimate of drug-likeness (QED) is 0.227. The van der Waals surface area contributed by atoms with Gasteiger partial charge in [-0.15, -0.1) is 0 Å². The van der Waals surface area contributed by atoms with Crippen LogP contribution in [0.2, 0.25) is 0 Å². The van der Waals surface area contributed by atoms with Crippen molar-refractivity contribution in [2.45, 2.75) is 0 Å². The van der Waals surface area contributed by atoms with Crippen molar-refractivity contribution in [2.24, 2.45) is 0 Å². The van der Waals surface area contributed by atoms with Gasteiger partial charge in [0.2, 0.25) is 17.8 Å². The molecule has 6 amide bonds. The highest BCUT2D eigenvalue weighted by Crippen LogP contribution is 2.27. The molecule has 0 aliphatic carbocycles. The standard InChI is InChI=1S/C33H21N9O6/c43-25-13-14-26(44)40(25)22-7-1-19(2-8-22)34-31-37-32(35-20-3-9-23(10-4-20)41-27(45)15-16-28(41)46)39-33(38-31)36-21-5-11-24(12-6-21)42-29(47)17-18-30(42)48/h1-18H,(H3,34,35,36,37,38,39). The molecule has 0 radical (unpaired) electrons. The van der Waals surface area contributed by atoms with Gasteiger partial charge >= 0.3 is 0 Å². The van der Waals surface area contributed by atoms with Gasteiger partial charge in [0, 0.05) is 53.5 Å². The van der Waals surface area contributed by atoms with E-state index in [1.165, 1.54) is 36.5 Å². The number of carbonyl (C=O) groups excluding carboxylic acids is 6. The molecular weight excluding hydrogens is 618 g/mol. The Labute approximate surface area is 270 Å². The van der Waals surface area contributed by atoms with E-state index in [-0.39, 0.29) is 17.8 Å². The van der Waals surface area contributed by atoms with Gasteiger partial charge in [0.25, 0.3) is 35.4 Å². The number of hydrogen-bond acceptors (Lipinski definition) is 12. The molecule has 0 atom stereocenters. The third-order valence-corrected chi connectivity index (χ3v) is 7.21. The van der Waals surface area contributed by atoms with E-state index < -0.39 is 35.4 Å². The van der Waals surface area contributed by atoms with Crippen molar-refractivity contribution < 1.29 is 28.8 Å². The average Bonchev–Trinajstić information content (AvgIpc) is 3.72. The number of anilines is 9. The summed E-state index contributed by atoms with van der Waals surface area (Å²) in [6.45, 7) is 0. The highest BCUT2D eigenvalue weighted by Gasteiger charge is 2.27. The first-order valence-corrected chi connectivity index (χ1v) is 14.3. The largest absolute Gasteiger partial charge is 0.324 e. The van der Waals surface area contributed by atoms with Gasteiger partial charge in [0.05, 0.1) is 17.1 Å². The van der Waals surface area contributed by atoms with Crippen LogP contribution in [0.1, 0.15) is 0 Å². The Hall–Kier alpha value is -7.29. The lowest BCUT2D eigenvalue weighted by Crippen LogP contribution is -2.29. The van der Waals surface area contributed by atoms with Crippen LogP contribution in [0, 0.1) is 0 Å². The second kappa shape index (κ2) is 11.9. The molecule has 4 aromatic rings. The molecule has 48 heavy (non-hydrogen) atoms. The van der Waals surface area contributed by atoms with Crippen LogP contribution < -0.4 is 30.7 Å². The number of hydrogen-bond donors (Lipinski definition) is 3. The van der Waals surface area contributed by atoms with E-state index in [0.29, 0.717) is 34.1 Å². The predicted octanol–water partition coefficient (Wildman–Crippen LogP) is 3.39. The maximum absolute atomic E-state index is 12.1.